The molecule has 0 aliphatic heterocycles. The molecule has 1 N–H and O–H groups in total. The fourth-order valence-corrected chi connectivity index (χ4v) is 2.22. The highest BCUT2D eigenvalue weighted by Crippen LogP contribution is 2.25. The molecule has 19 heavy (non-hydrogen) atoms. The molecule has 2 aromatic rings. The molecule has 2 rings (SSSR count). The van der Waals surface area contributed by atoms with Gasteiger partial charge in [-0.1, -0.05) is 35.5 Å². The predicted octanol–water partition coefficient (Wildman–Crippen LogP) is 3.88. The number of ether oxygens (including phenoxy) is 1. The van der Waals surface area contributed by atoms with Crippen LogP contribution in [0, 0.1) is 0 Å². The highest BCUT2D eigenvalue weighted by molar-refractivity contribution is 9.10. The maximum atomic E-state index is 8.47. The molecule has 0 aliphatic rings. The van der Waals surface area contributed by atoms with E-state index in [0.717, 1.165) is 22.2 Å². The third kappa shape index (κ3) is 4.10. The lowest BCUT2D eigenvalue weighted by Gasteiger charge is -2.08. The van der Waals surface area contributed by atoms with E-state index in [1.54, 1.807) is 0 Å². The van der Waals surface area contributed by atoms with Crippen molar-refractivity contribution in [1.29, 1.82) is 0 Å². The molecule has 0 spiro atoms. The number of nitrogens with zero attached hydrogens (tertiary/aromatic N) is 1. The van der Waals surface area contributed by atoms with Crippen LogP contribution in [0.2, 0.25) is 0 Å². The first-order chi connectivity index (χ1) is 9.29. The van der Waals surface area contributed by atoms with Crippen LogP contribution in [0.15, 0.2) is 58.2 Å². The summed E-state index contributed by atoms with van der Waals surface area (Å²) in [5, 5.41) is 11.5. The van der Waals surface area contributed by atoms with Crippen molar-refractivity contribution in [3.63, 3.8) is 0 Å². The highest BCUT2D eigenvalue weighted by Gasteiger charge is 2.02. The molecule has 0 heterocycles. The third-order valence-electron chi connectivity index (χ3n) is 2.65. The molecule has 98 valence electrons. The second kappa shape index (κ2) is 6.95. The van der Waals surface area contributed by atoms with Crippen LogP contribution in [0.4, 0.5) is 0 Å². The van der Waals surface area contributed by atoms with Gasteiger partial charge in [-0.15, -0.1) is 0 Å². The standard InChI is InChI=1S/C15H14BrNO2/c16-14-10-13(11-17-18)6-7-15(14)19-9-8-12-4-2-1-3-5-12/h1-7,10-11,18H,8-9H2/b17-11+. The van der Waals surface area contributed by atoms with Gasteiger partial charge >= 0.3 is 0 Å². The maximum Gasteiger partial charge on any atom is 0.133 e. The van der Waals surface area contributed by atoms with E-state index in [-0.39, 0.29) is 0 Å². The molecule has 0 fully saturated rings. The Balaban J connectivity index is 1.93. The smallest absolute Gasteiger partial charge is 0.133 e. The zero-order chi connectivity index (χ0) is 13.5. The van der Waals surface area contributed by atoms with E-state index in [4.69, 9.17) is 9.94 Å². The van der Waals surface area contributed by atoms with Gasteiger partial charge in [0.1, 0.15) is 5.75 Å². The zero-order valence-electron chi connectivity index (χ0n) is 10.3. The van der Waals surface area contributed by atoms with Crippen molar-refractivity contribution in [2.45, 2.75) is 6.42 Å². The Bertz CT molecular complexity index is 555. The molecule has 0 aromatic heterocycles. The summed E-state index contributed by atoms with van der Waals surface area (Å²) in [6, 6.07) is 15.7. The Hall–Kier alpha value is -1.81. The van der Waals surface area contributed by atoms with E-state index in [1.807, 2.05) is 36.4 Å². The summed E-state index contributed by atoms with van der Waals surface area (Å²) >= 11 is 3.44. The van der Waals surface area contributed by atoms with Gasteiger partial charge in [0.05, 0.1) is 17.3 Å². The highest BCUT2D eigenvalue weighted by atomic mass is 79.9. The van der Waals surface area contributed by atoms with Crippen LogP contribution >= 0.6 is 15.9 Å². The lowest BCUT2D eigenvalue weighted by Crippen LogP contribution is -2.01. The first-order valence-corrected chi connectivity index (χ1v) is 6.72. The fourth-order valence-electron chi connectivity index (χ4n) is 1.70. The van der Waals surface area contributed by atoms with Crippen LogP contribution in [0.25, 0.3) is 0 Å². The second-order valence-electron chi connectivity index (χ2n) is 4.02. The molecule has 0 saturated carbocycles. The average molecular weight is 320 g/mol. The number of oxime groups is 1. The molecule has 0 aliphatic carbocycles. The fraction of sp³-hybridized carbons (Fsp3) is 0.133. The predicted molar refractivity (Wildman–Crippen MR) is 79.2 cm³/mol. The summed E-state index contributed by atoms with van der Waals surface area (Å²) in [5.41, 5.74) is 2.06. The van der Waals surface area contributed by atoms with Gasteiger partial charge < -0.3 is 9.94 Å². The van der Waals surface area contributed by atoms with Gasteiger partial charge in [0, 0.05) is 6.42 Å². The summed E-state index contributed by atoms with van der Waals surface area (Å²) in [7, 11) is 0. The van der Waals surface area contributed by atoms with E-state index < -0.39 is 0 Å². The van der Waals surface area contributed by atoms with Crippen LogP contribution in [0.5, 0.6) is 5.75 Å². The van der Waals surface area contributed by atoms with Gasteiger partial charge in [-0.05, 0) is 45.3 Å². The Kier molecular flexibility index (Phi) is 4.98. The van der Waals surface area contributed by atoms with Gasteiger partial charge in [-0.25, -0.2) is 0 Å². The first kappa shape index (κ1) is 13.6. The molecule has 0 bridgehead atoms. The largest absolute Gasteiger partial charge is 0.492 e. The van der Waals surface area contributed by atoms with Gasteiger partial charge in [0.2, 0.25) is 0 Å². The first-order valence-electron chi connectivity index (χ1n) is 5.93. The summed E-state index contributed by atoms with van der Waals surface area (Å²) in [6.45, 7) is 0.621. The van der Waals surface area contributed by atoms with Gasteiger partial charge in [0.25, 0.3) is 0 Å². The van der Waals surface area contributed by atoms with E-state index in [9.17, 15) is 0 Å². The van der Waals surface area contributed by atoms with E-state index >= 15 is 0 Å². The van der Waals surface area contributed by atoms with Gasteiger partial charge in [0.15, 0.2) is 0 Å². The zero-order valence-corrected chi connectivity index (χ0v) is 11.9. The number of halogens is 1. The van der Waals surface area contributed by atoms with Crippen LogP contribution in [-0.4, -0.2) is 18.0 Å². The average Bonchev–Trinajstić information content (AvgIpc) is 2.43. The summed E-state index contributed by atoms with van der Waals surface area (Å²) < 4.78 is 6.57. The summed E-state index contributed by atoms with van der Waals surface area (Å²) in [6.07, 6.45) is 2.24. The van der Waals surface area contributed by atoms with Crippen molar-refractivity contribution >= 4 is 22.1 Å². The van der Waals surface area contributed by atoms with Crippen molar-refractivity contribution in [2.75, 3.05) is 6.61 Å². The van der Waals surface area contributed by atoms with Crippen molar-refractivity contribution in [3.05, 3.63) is 64.1 Å². The Morgan fingerprint density at radius 2 is 1.95 bits per heavy atom. The molecule has 0 atom stereocenters. The molecular formula is C15H14BrNO2. The minimum absolute atomic E-state index is 0.621. The minimum Gasteiger partial charge on any atom is -0.492 e. The molecular weight excluding hydrogens is 306 g/mol. The van der Waals surface area contributed by atoms with Crippen LogP contribution in [0.1, 0.15) is 11.1 Å². The quantitative estimate of drug-likeness (QED) is 0.516. The second-order valence-corrected chi connectivity index (χ2v) is 4.87. The van der Waals surface area contributed by atoms with Gasteiger partial charge in [-0.2, -0.15) is 0 Å². The summed E-state index contributed by atoms with van der Waals surface area (Å²) in [5.74, 6) is 0.783. The Morgan fingerprint density at radius 3 is 2.63 bits per heavy atom. The van der Waals surface area contributed by atoms with E-state index in [2.05, 4.69) is 33.2 Å². The molecule has 3 nitrogen and oxygen atoms in total. The molecule has 0 radical (unpaired) electrons. The maximum absolute atomic E-state index is 8.47. The van der Waals surface area contributed by atoms with Crippen LogP contribution < -0.4 is 4.74 Å². The van der Waals surface area contributed by atoms with Crippen LogP contribution in [-0.2, 0) is 6.42 Å². The van der Waals surface area contributed by atoms with Gasteiger partial charge in [-0.3, -0.25) is 0 Å². The SMILES string of the molecule is O/N=C/c1ccc(OCCc2ccccc2)c(Br)c1. The van der Waals surface area contributed by atoms with E-state index in [1.165, 1.54) is 11.8 Å². The number of benzene rings is 2. The van der Waals surface area contributed by atoms with Crippen molar-refractivity contribution < 1.29 is 9.94 Å². The lowest BCUT2D eigenvalue weighted by atomic mass is 10.2. The molecule has 0 saturated heterocycles. The van der Waals surface area contributed by atoms with Crippen molar-refractivity contribution in [1.82, 2.24) is 0 Å². The van der Waals surface area contributed by atoms with Crippen LogP contribution in [0.3, 0.4) is 0 Å². The molecule has 2 aromatic carbocycles. The molecule has 4 heteroatoms. The van der Waals surface area contributed by atoms with Crippen molar-refractivity contribution in [2.24, 2.45) is 5.16 Å². The van der Waals surface area contributed by atoms with E-state index in [0.29, 0.717) is 6.61 Å². The Labute approximate surface area is 120 Å². The number of rotatable bonds is 5. The van der Waals surface area contributed by atoms with Crippen molar-refractivity contribution in [3.8, 4) is 5.75 Å². The third-order valence-corrected chi connectivity index (χ3v) is 3.27. The Morgan fingerprint density at radius 1 is 1.16 bits per heavy atom. The number of hydrogen-bond donors (Lipinski definition) is 1. The lowest BCUT2D eigenvalue weighted by molar-refractivity contribution is 0.319. The number of hydrogen-bond acceptors (Lipinski definition) is 3. The monoisotopic (exact) mass is 319 g/mol. The molecule has 0 amide bonds. The normalized spacial score (nSPS) is 10.8. The minimum atomic E-state index is 0.621. The topological polar surface area (TPSA) is 41.8 Å². The molecule has 0 unspecified atom stereocenters. The summed E-state index contributed by atoms with van der Waals surface area (Å²) in [4.78, 5) is 0.